The molecule has 0 radical (unpaired) electrons. The van der Waals surface area contributed by atoms with Crippen LogP contribution >= 0.6 is 11.6 Å². The van der Waals surface area contributed by atoms with Gasteiger partial charge in [0, 0.05) is 29.3 Å². The summed E-state index contributed by atoms with van der Waals surface area (Å²) in [6.45, 7) is 1.47. The molecule has 3 rings (SSSR count). The molecule has 0 saturated heterocycles. The van der Waals surface area contributed by atoms with Gasteiger partial charge in [-0.1, -0.05) is 23.7 Å². The zero-order chi connectivity index (χ0) is 20.1. The Balaban J connectivity index is 1.68. The van der Waals surface area contributed by atoms with Gasteiger partial charge in [-0.15, -0.1) is 0 Å². The average molecular weight is 397 g/mol. The van der Waals surface area contributed by atoms with Crippen molar-refractivity contribution < 1.29 is 14.3 Å². The van der Waals surface area contributed by atoms with E-state index in [0.717, 1.165) is 0 Å². The van der Waals surface area contributed by atoms with Crippen LogP contribution in [0.2, 0.25) is 5.02 Å². The van der Waals surface area contributed by atoms with Crippen LogP contribution in [0.3, 0.4) is 0 Å². The average Bonchev–Trinajstić information content (AvgIpc) is 2.69. The van der Waals surface area contributed by atoms with E-state index in [0.29, 0.717) is 33.7 Å². The molecular formula is C20H17ClN4O3. The van der Waals surface area contributed by atoms with Gasteiger partial charge in [0.2, 0.25) is 5.95 Å². The van der Waals surface area contributed by atoms with Gasteiger partial charge in [0.15, 0.2) is 5.78 Å². The van der Waals surface area contributed by atoms with Crippen molar-refractivity contribution >= 4 is 40.6 Å². The lowest BCUT2D eigenvalue weighted by Gasteiger charge is -2.09. The van der Waals surface area contributed by atoms with Gasteiger partial charge in [-0.25, -0.2) is 9.97 Å². The molecule has 0 unspecified atom stereocenters. The number of carbonyl (C=O) groups excluding carboxylic acids is 2. The van der Waals surface area contributed by atoms with Gasteiger partial charge in [-0.3, -0.25) is 9.59 Å². The second-order valence-corrected chi connectivity index (χ2v) is 6.27. The number of hydrogen-bond acceptors (Lipinski definition) is 6. The molecule has 0 atom stereocenters. The third-order valence-corrected chi connectivity index (χ3v) is 4.14. The van der Waals surface area contributed by atoms with Crippen LogP contribution in [0.4, 0.5) is 17.3 Å². The van der Waals surface area contributed by atoms with Crippen LogP contribution in [0.5, 0.6) is 5.75 Å². The topological polar surface area (TPSA) is 93.2 Å². The van der Waals surface area contributed by atoms with Gasteiger partial charge in [0.25, 0.3) is 5.91 Å². The Labute approximate surface area is 166 Å². The minimum atomic E-state index is -0.375. The molecular weight excluding hydrogens is 380 g/mol. The lowest BCUT2D eigenvalue weighted by Crippen LogP contribution is -2.13. The summed E-state index contributed by atoms with van der Waals surface area (Å²) in [6.07, 6.45) is 2.81. The van der Waals surface area contributed by atoms with Crippen LogP contribution in [0.1, 0.15) is 27.6 Å². The van der Waals surface area contributed by atoms with Crippen LogP contribution in [0.25, 0.3) is 0 Å². The fraction of sp³-hybridized carbons (Fsp3) is 0.100. The number of Topliss-reactive ketones (excluding diaryl/α,β-unsaturated/α-hetero) is 1. The summed E-state index contributed by atoms with van der Waals surface area (Å²) < 4.78 is 5.11. The van der Waals surface area contributed by atoms with Gasteiger partial charge in [-0.05, 0) is 37.3 Å². The number of halogens is 1. The largest absolute Gasteiger partial charge is 0.495 e. The normalized spacial score (nSPS) is 10.2. The van der Waals surface area contributed by atoms with Gasteiger partial charge < -0.3 is 15.4 Å². The number of benzene rings is 2. The number of methoxy groups -OCH3 is 1. The Morgan fingerprint density at radius 3 is 2.39 bits per heavy atom. The highest BCUT2D eigenvalue weighted by molar-refractivity contribution is 6.32. The van der Waals surface area contributed by atoms with Crippen LogP contribution < -0.4 is 15.4 Å². The molecule has 1 heterocycles. The minimum absolute atomic E-state index is 0.0755. The summed E-state index contributed by atoms with van der Waals surface area (Å²) in [7, 11) is 1.54. The predicted octanol–water partition coefficient (Wildman–Crippen LogP) is 4.34. The number of ketones is 1. The molecule has 28 heavy (non-hydrogen) atoms. The molecule has 0 spiro atoms. The van der Waals surface area contributed by atoms with Crippen LogP contribution in [0, 0.1) is 0 Å². The molecule has 142 valence electrons. The standard InChI is InChI=1S/C20H17ClN4O3/c1-12(26)13-4-3-5-15(8-13)24-19(27)14-10-22-20(23-11-14)25-16-6-7-18(28-2)17(21)9-16/h3-11H,1-2H3,(H,24,27)(H,22,23,25). The van der Waals surface area contributed by atoms with E-state index in [4.69, 9.17) is 16.3 Å². The van der Waals surface area contributed by atoms with E-state index < -0.39 is 0 Å². The molecule has 0 saturated carbocycles. The Morgan fingerprint density at radius 2 is 1.75 bits per heavy atom. The predicted molar refractivity (Wildman–Crippen MR) is 108 cm³/mol. The molecule has 0 aliphatic rings. The summed E-state index contributed by atoms with van der Waals surface area (Å²) in [5.41, 5.74) is 2.01. The van der Waals surface area contributed by atoms with E-state index in [1.54, 1.807) is 42.5 Å². The van der Waals surface area contributed by atoms with E-state index >= 15 is 0 Å². The molecule has 0 bridgehead atoms. The highest BCUT2D eigenvalue weighted by atomic mass is 35.5. The molecule has 0 aliphatic carbocycles. The Morgan fingerprint density at radius 1 is 1.00 bits per heavy atom. The number of hydrogen-bond donors (Lipinski definition) is 2. The highest BCUT2D eigenvalue weighted by Crippen LogP contribution is 2.28. The van der Waals surface area contributed by atoms with Crippen LogP contribution in [-0.4, -0.2) is 28.8 Å². The van der Waals surface area contributed by atoms with Crippen molar-refractivity contribution in [3.05, 3.63) is 71.0 Å². The van der Waals surface area contributed by atoms with Crippen molar-refractivity contribution in [2.75, 3.05) is 17.7 Å². The zero-order valence-corrected chi connectivity index (χ0v) is 15.9. The van der Waals surface area contributed by atoms with Gasteiger partial charge >= 0.3 is 0 Å². The maximum Gasteiger partial charge on any atom is 0.258 e. The number of amides is 1. The zero-order valence-electron chi connectivity index (χ0n) is 15.2. The van der Waals surface area contributed by atoms with Crippen LogP contribution in [-0.2, 0) is 0 Å². The summed E-state index contributed by atoms with van der Waals surface area (Å²) in [5.74, 6) is 0.429. The van der Waals surface area contributed by atoms with Crippen LogP contribution in [0.15, 0.2) is 54.9 Å². The van der Waals surface area contributed by atoms with Crippen molar-refractivity contribution in [2.45, 2.75) is 6.92 Å². The molecule has 2 aromatic carbocycles. The van der Waals surface area contributed by atoms with E-state index in [-0.39, 0.29) is 17.3 Å². The summed E-state index contributed by atoms with van der Waals surface area (Å²) >= 11 is 6.09. The lowest BCUT2D eigenvalue weighted by molar-refractivity contribution is 0.101. The third kappa shape index (κ3) is 4.63. The molecule has 2 N–H and O–H groups in total. The number of nitrogens with one attached hydrogen (secondary N) is 2. The first-order valence-corrected chi connectivity index (χ1v) is 8.69. The monoisotopic (exact) mass is 396 g/mol. The first-order chi connectivity index (χ1) is 13.5. The first-order valence-electron chi connectivity index (χ1n) is 8.31. The van der Waals surface area contributed by atoms with E-state index in [2.05, 4.69) is 20.6 Å². The summed E-state index contributed by atoms with van der Waals surface area (Å²) in [4.78, 5) is 32.1. The Hall–Kier alpha value is -3.45. The minimum Gasteiger partial charge on any atom is -0.495 e. The van der Waals surface area contributed by atoms with Gasteiger partial charge in [-0.2, -0.15) is 0 Å². The van der Waals surface area contributed by atoms with Crippen molar-refractivity contribution in [3.63, 3.8) is 0 Å². The van der Waals surface area contributed by atoms with Crippen molar-refractivity contribution in [1.82, 2.24) is 9.97 Å². The van der Waals surface area contributed by atoms with E-state index in [1.807, 2.05) is 0 Å². The fourth-order valence-electron chi connectivity index (χ4n) is 2.40. The van der Waals surface area contributed by atoms with E-state index in [1.165, 1.54) is 26.4 Å². The number of ether oxygens (including phenoxy) is 1. The lowest BCUT2D eigenvalue weighted by atomic mass is 10.1. The highest BCUT2D eigenvalue weighted by Gasteiger charge is 2.10. The molecule has 0 aliphatic heterocycles. The number of anilines is 3. The van der Waals surface area contributed by atoms with Gasteiger partial charge in [0.1, 0.15) is 5.75 Å². The number of carbonyl (C=O) groups is 2. The molecule has 1 aromatic heterocycles. The second-order valence-electron chi connectivity index (χ2n) is 5.86. The molecule has 7 nitrogen and oxygen atoms in total. The quantitative estimate of drug-likeness (QED) is 0.602. The van der Waals surface area contributed by atoms with Crippen molar-refractivity contribution in [1.29, 1.82) is 0 Å². The van der Waals surface area contributed by atoms with E-state index in [9.17, 15) is 9.59 Å². The summed E-state index contributed by atoms with van der Waals surface area (Å²) in [6, 6.07) is 11.9. The first kappa shape index (κ1) is 19.3. The number of aromatic nitrogens is 2. The molecule has 0 fully saturated rings. The molecule has 1 amide bonds. The maximum absolute atomic E-state index is 12.4. The Bertz CT molecular complexity index is 1020. The Kier molecular flexibility index (Phi) is 5.86. The molecule has 3 aromatic rings. The second kappa shape index (κ2) is 8.49. The number of nitrogens with zero attached hydrogens (tertiary/aromatic N) is 2. The van der Waals surface area contributed by atoms with Gasteiger partial charge in [0.05, 0.1) is 17.7 Å². The third-order valence-electron chi connectivity index (χ3n) is 3.85. The summed E-state index contributed by atoms with van der Waals surface area (Å²) in [5, 5.41) is 6.18. The fourth-order valence-corrected chi connectivity index (χ4v) is 2.66. The molecule has 8 heteroatoms. The van der Waals surface area contributed by atoms with Crippen molar-refractivity contribution in [3.8, 4) is 5.75 Å². The SMILES string of the molecule is COc1ccc(Nc2ncc(C(=O)Nc3cccc(C(C)=O)c3)cn2)cc1Cl. The maximum atomic E-state index is 12.4. The number of rotatable bonds is 6. The smallest absolute Gasteiger partial charge is 0.258 e. The van der Waals surface area contributed by atoms with Crippen molar-refractivity contribution in [2.24, 2.45) is 0 Å².